The number of hydrogen-bond donors (Lipinski definition) is 1. The van der Waals surface area contributed by atoms with Crippen molar-refractivity contribution in [3.8, 4) is 5.69 Å². The maximum atomic E-state index is 13.1. The predicted molar refractivity (Wildman–Crippen MR) is 101 cm³/mol. The number of likely N-dealkylation sites (tertiary alicyclic amines) is 1. The SMILES string of the molecule is CC(C)(C)C(=O)N1CCC[C@@H](C(=O)c2cnn(-c3ccc(F)cc3)c2N)C1. The molecule has 0 unspecified atom stereocenters. The molecule has 6 nitrogen and oxygen atoms in total. The molecule has 0 bridgehead atoms. The number of aromatic nitrogens is 2. The average molecular weight is 372 g/mol. The standard InChI is InChI=1S/C20H25FN4O2/c1-20(2,3)19(27)24-10-4-5-13(12-24)17(26)16-11-23-25(18(16)22)15-8-6-14(21)7-9-15/h6-9,11,13H,4-5,10,12,22H2,1-3H3/t13-/m1/s1. The Morgan fingerprint density at radius 2 is 1.89 bits per heavy atom. The number of nitrogen functional groups attached to an aromatic ring is 1. The minimum absolute atomic E-state index is 0.0509. The third-order valence-electron chi connectivity index (χ3n) is 4.86. The van der Waals surface area contributed by atoms with Gasteiger partial charge >= 0.3 is 0 Å². The van der Waals surface area contributed by atoms with Crippen LogP contribution in [0.1, 0.15) is 44.0 Å². The number of anilines is 1. The smallest absolute Gasteiger partial charge is 0.227 e. The molecule has 7 heteroatoms. The maximum Gasteiger partial charge on any atom is 0.227 e. The molecule has 0 spiro atoms. The van der Waals surface area contributed by atoms with Gasteiger partial charge in [0.15, 0.2) is 5.78 Å². The summed E-state index contributed by atoms with van der Waals surface area (Å²) in [4.78, 5) is 27.3. The summed E-state index contributed by atoms with van der Waals surface area (Å²) >= 11 is 0. The van der Waals surface area contributed by atoms with Crippen LogP contribution in [0.3, 0.4) is 0 Å². The van der Waals surface area contributed by atoms with E-state index in [0.717, 1.165) is 6.42 Å². The molecule has 0 aliphatic carbocycles. The Bertz CT molecular complexity index is 852. The summed E-state index contributed by atoms with van der Waals surface area (Å²) in [7, 11) is 0. The van der Waals surface area contributed by atoms with Crippen LogP contribution in [0.5, 0.6) is 0 Å². The lowest BCUT2D eigenvalue weighted by Crippen LogP contribution is -2.46. The molecule has 2 N–H and O–H groups in total. The summed E-state index contributed by atoms with van der Waals surface area (Å²) in [5.41, 5.74) is 6.60. The molecular formula is C20H25FN4O2. The van der Waals surface area contributed by atoms with Crippen LogP contribution in [0.4, 0.5) is 10.2 Å². The van der Waals surface area contributed by atoms with E-state index in [1.807, 2.05) is 20.8 Å². The Morgan fingerprint density at radius 1 is 1.22 bits per heavy atom. The predicted octanol–water partition coefficient (Wildman–Crippen LogP) is 3.06. The molecule has 1 atom stereocenters. The van der Waals surface area contributed by atoms with Gasteiger partial charge in [0.05, 0.1) is 17.4 Å². The number of nitrogens with zero attached hydrogens (tertiary/aromatic N) is 3. The van der Waals surface area contributed by atoms with Gasteiger partial charge in [-0.3, -0.25) is 9.59 Å². The fraction of sp³-hybridized carbons (Fsp3) is 0.450. The van der Waals surface area contributed by atoms with Gasteiger partial charge in [0, 0.05) is 24.4 Å². The first-order chi connectivity index (χ1) is 12.7. The van der Waals surface area contributed by atoms with Crippen molar-refractivity contribution in [3.05, 3.63) is 41.8 Å². The molecule has 3 rings (SSSR count). The van der Waals surface area contributed by atoms with E-state index in [2.05, 4.69) is 5.10 Å². The maximum absolute atomic E-state index is 13.1. The Kier molecular flexibility index (Phi) is 5.04. The number of ketones is 1. The molecule has 1 fully saturated rings. The zero-order valence-corrected chi connectivity index (χ0v) is 15.9. The number of amides is 1. The van der Waals surface area contributed by atoms with Crippen LogP contribution < -0.4 is 5.73 Å². The van der Waals surface area contributed by atoms with Gasteiger partial charge in [-0.05, 0) is 37.1 Å². The van der Waals surface area contributed by atoms with Crippen molar-refractivity contribution >= 4 is 17.5 Å². The van der Waals surface area contributed by atoms with Gasteiger partial charge in [-0.1, -0.05) is 20.8 Å². The summed E-state index contributed by atoms with van der Waals surface area (Å²) < 4.78 is 14.5. The molecule has 1 amide bonds. The molecular weight excluding hydrogens is 347 g/mol. The monoisotopic (exact) mass is 372 g/mol. The summed E-state index contributed by atoms with van der Waals surface area (Å²) in [6.45, 7) is 6.71. The van der Waals surface area contributed by atoms with Gasteiger partial charge in [0.25, 0.3) is 0 Å². The van der Waals surface area contributed by atoms with Gasteiger partial charge in [0.1, 0.15) is 11.6 Å². The minimum atomic E-state index is -0.475. The van der Waals surface area contributed by atoms with Crippen LogP contribution in [0.15, 0.2) is 30.5 Å². The number of nitrogens with two attached hydrogens (primary N) is 1. The Hall–Kier alpha value is -2.70. The first kappa shape index (κ1) is 19.1. The summed E-state index contributed by atoms with van der Waals surface area (Å²) in [5.74, 6) is -0.474. The highest BCUT2D eigenvalue weighted by Gasteiger charge is 2.34. The zero-order valence-electron chi connectivity index (χ0n) is 15.9. The molecule has 27 heavy (non-hydrogen) atoms. The molecule has 1 aromatic heterocycles. The van der Waals surface area contributed by atoms with Crippen molar-refractivity contribution < 1.29 is 14.0 Å². The quantitative estimate of drug-likeness (QED) is 0.840. The van der Waals surface area contributed by atoms with E-state index in [1.54, 1.807) is 17.0 Å². The normalized spacial score (nSPS) is 17.8. The topological polar surface area (TPSA) is 81.2 Å². The van der Waals surface area contributed by atoms with E-state index in [9.17, 15) is 14.0 Å². The molecule has 1 saturated heterocycles. The second-order valence-electron chi connectivity index (χ2n) is 8.04. The van der Waals surface area contributed by atoms with Gasteiger partial charge in [-0.15, -0.1) is 0 Å². The van der Waals surface area contributed by atoms with Gasteiger partial charge in [0.2, 0.25) is 5.91 Å². The fourth-order valence-corrected chi connectivity index (χ4v) is 3.41. The van der Waals surface area contributed by atoms with Gasteiger partial charge in [-0.25, -0.2) is 9.07 Å². The van der Waals surface area contributed by atoms with Crippen molar-refractivity contribution in [3.63, 3.8) is 0 Å². The molecule has 1 aromatic carbocycles. The van der Waals surface area contributed by atoms with Crippen LogP contribution in [0.25, 0.3) is 5.69 Å². The molecule has 0 radical (unpaired) electrons. The number of piperidine rings is 1. The highest BCUT2D eigenvalue weighted by Crippen LogP contribution is 2.27. The molecule has 1 aliphatic heterocycles. The highest BCUT2D eigenvalue weighted by atomic mass is 19.1. The van der Waals surface area contributed by atoms with Crippen LogP contribution in [0.2, 0.25) is 0 Å². The highest BCUT2D eigenvalue weighted by molar-refractivity contribution is 6.02. The number of hydrogen-bond acceptors (Lipinski definition) is 4. The second-order valence-corrected chi connectivity index (χ2v) is 8.04. The summed E-state index contributed by atoms with van der Waals surface area (Å²) in [6.07, 6.45) is 2.95. The Labute approximate surface area is 158 Å². The van der Waals surface area contributed by atoms with Crippen molar-refractivity contribution in [1.29, 1.82) is 0 Å². The molecule has 0 saturated carbocycles. The third-order valence-corrected chi connectivity index (χ3v) is 4.86. The van der Waals surface area contributed by atoms with E-state index in [1.165, 1.54) is 23.0 Å². The Morgan fingerprint density at radius 3 is 2.52 bits per heavy atom. The average Bonchev–Trinajstić information content (AvgIpc) is 3.02. The van der Waals surface area contributed by atoms with E-state index in [-0.39, 0.29) is 29.2 Å². The third kappa shape index (κ3) is 3.86. The lowest BCUT2D eigenvalue weighted by molar-refractivity contribution is -0.140. The molecule has 1 aliphatic rings. The van der Waals surface area contributed by atoms with E-state index < -0.39 is 5.41 Å². The Balaban J connectivity index is 1.80. The first-order valence-electron chi connectivity index (χ1n) is 9.11. The van der Waals surface area contributed by atoms with Crippen molar-refractivity contribution in [1.82, 2.24) is 14.7 Å². The van der Waals surface area contributed by atoms with Crippen molar-refractivity contribution in [2.24, 2.45) is 11.3 Å². The van der Waals surface area contributed by atoms with Crippen LogP contribution >= 0.6 is 0 Å². The van der Waals surface area contributed by atoms with Crippen LogP contribution in [-0.4, -0.2) is 39.5 Å². The molecule has 144 valence electrons. The van der Waals surface area contributed by atoms with Gasteiger partial charge in [-0.2, -0.15) is 5.10 Å². The number of benzene rings is 1. The van der Waals surface area contributed by atoms with Crippen molar-refractivity contribution in [2.45, 2.75) is 33.6 Å². The number of Topliss-reactive ketones (excluding diaryl/α,β-unsaturated/α-hetero) is 1. The lowest BCUT2D eigenvalue weighted by atomic mass is 9.88. The largest absolute Gasteiger partial charge is 0.383 e. The van der Waals surface area contributed by atoms with E-state index in [0.29, 0.717) is 30.8 Å². The lowest BCUT2D eigenvalue weighted by Gasteiger charge is -2.35. The second kappa shape index (κ2) is 7.13. The summed E-state index contributed by atoms with van der Waals surface area (Å²) in [6, 6.07) is 5.73. The number of halogens is 1. The van der Waals surface area contributed by atoms with E-state index >= 15 is 0 Å². The number of carbonyl (C=O) groups is 2. The number of rotatable bonds is 3. The molecule has 2 aromatic rings. The summed E-state index contributed by atoms with van der Waals surface area (Å²) in [5, 5.41) is 4.19. The van der Waals surface area contributed by atoms with E-state index in [4.69, 9.17) is 5.73 Å². The van der Waals surface area contributed by atoms with Gasteiger partial charge < -0.3 is 10.6 Å². The van der Waals surface area contributed by atoms with Crippen molar-refractivity contribution in [2.75, 3.05) is 18.8 Å². The fourth-order valence-electron chi connectivity index (χ4n) is 3.41. The number of carbonyl (C=O) groups excluding carboxylic acids is 2. The van der Waals surface area contributed by atoms with Crippen LogP contribution in [0, 0.1) is 17.2 Å². The molecule has 2 heterocycles. The first-order valence-corrected chi connectivity index (χ1v) is 9.11. The zero-order chi connectivity index (χ0) is 19.8. The van der Waals surface area contributed by atoms with Crippen LogP contribution in [-0.2, 0) is 4.79 Å². The minimum Gasteiger partial charge on any atom is -0.383 e.